The van der Waals surface area contributed by atoms with Gasteiger partial charge in [-0.15, -0.1) is 0 Å². The van der Waals surface area contributed by atoms with Crippen molar-refractivity contribution in [3.8, 4) is 11.3 Å². The summed E-state index contributed by atoms with van der Waals surface area (Å²) in [5, 5.41) is 7.60. The second kappa shape index (κ2) is 5.33. The lowest BCUT2D eigenvalue weighted by Crippen LogP contribution is -1.91. The number of nitrogens with zero attached hydrogens (tertiary/aromatic N) is 1. The van der Waals surface area contributed by atoms with E-state index in [1.54, 1.807) is 0 Å². The van der Waals surface area contributed by atoms with Gasteiger partial charge in [0.15, 0.2) is 0 Å². The monoisotopic (exact) mass is 262 g/mol. The molecule has 2 nitrogen and oxygen atoms in total. The molecule has 0 aliphatic carbocycles. The SMILES string of the molecule is Cc1ccccc1Cc1cc(-c2ccccc2C)[nH]n1. The fourth-order valence-corrected chi connectivity index (χ4v) is 2.47. The highest BCUT2D eigenvalue weighted by Crippen LogP contribution is 2.22. The van der Waals surface area contributed by atoms with Crippen LogP contribution in [0.15, 0.2) is 54.6 Å². The maximum Gasteiger partial charge on any atom is 0.0672 e. The number of nitrogens with one attached hydrogen (secondary N) is 1. The van der Waals surface area contributed by atoms with E-state index in [0.717, 1.165) is 17.8 Å². The van der Waals surface area contributed by atoms with Crippen molar-refractivity contribution in [2.45, 2.75) is 20.3 Å². The van der Waals surface area contributed by atoms with Crippen molar-refractivity contribution in [3.63, 3.8) is 0 Å². The number of benzene rings is 2. The molecule has 0 aliphatic heterocycles. The number of aromatic amines is 1. The van der Waals surface area contributed by atoms with Gasteiger partial charge < -0.3 is 0 Å². The largest absolute Gasteiger partial charge is 0.278 e. The first kappa shape index (κ1) is 12.7. The second-order valence-corrected chi connectivity index (χ2v) is 5.19. The molecule has 2 aromatic carbocycles. The average molecular weight is 262 g/mol. The van der Waals surface area contributed by atoms with Gasteiger partial charge >= 0.3 is 0 Å². The van der Waals surface area contributed by atoms with Crippen molar-refractivity contribution in [2.75, 3.05) is 0 Å². The molecule has 2 heteroatoms. The molecule has 1 heterocycles. The summed E-state index contributed by atoms with van der Waals surface area (Å²) in [5.74, 6) is 0. The van der Waals surface area contributed by atoms with Crippen LogP contribution in [0.1, 0.15) is 22.4 Å². The Labute approximate surface area is 119 Å². The van der Waals surface area contributed by atoms with Crippen molar-refractivity contribution in [1.82, 2.24) is 10.2 Å². The molecule has 20 heavy (non-hydrogen) atoms. The number of hydrogen-bond donors (Lipinski definition) is 1. The lowest BCUT2D eigenvalue weighted by molar-refractivity contribution is 0.992. The van der Waals surface area contributed by atoms with E-state index < -0.39 is 0 Å². The van der Waals surface area contributed by atoms with Crippen molar-refractivity contribution in [1.29, 1.82) is 0 Å². The van der Waals surface area contributed by atoms with Gasteiger partial charge in [0.1, 0.15) is 0 Å². The minimum atomic E-state index is 0.870. The van der Waals surface area contributed by atoms with E-state index in [4.69, 9.17) is 0 Å². The molecule has 0 unspecified atom stereocenters. The molecule has 0 spiro atoms. The van der Waals surface area contributed by atoms with Crippen LogP contribution in [0.5, 0.6) is 0 Å². The second-order valence-electron chi connectivity index (χ2n) is 5.19. The first-order valence-electron chi connectivity index (χ1n) is 6.89. The van der Waals surface area contributed by atoms with Crippen LogP contribution in [0.25, 0.3) is 11.3 Å². The minimum absolute atomic E-state index is 0.870. The Bertz CT molecular complexity index is 726. The summed E-state index contributed by atoms with van der Waals surface area (Å²) >= 11 is 0. The number of H-pyrrole nitrogens is 1. The summed E-state index contributed by atoms with van der Waals surface area (Å²) in [6.45, 7) is 4.27. The number of aryl methyl sites for hydroxylation is 2. The maximum absolute atomic E-state index is 4.45. The predicted molar refractivity (Wildman–Crippen MR) is 82.7 cm³/mol. The predicted octanol–water partition coefficient (Wildman–Crippen LogP) is 4.28. The molecule has 3 aromatic rings. The zero-order chi connectivity index (χ0) is 13.9. The van der Waals surface area contributed by atoms with E-state index >= 15 is 0 Å². The van der Waals surface area contributed by atoms with Crippen molar-refractivity contribution in [3.05, 3.63) is 77.0 Å². The van der Waals surface area contributed by atoms with Crippen LogP contribution < -0.4 is 0 Å². The number of hydrogen-bond acceptors (Lipinski definition) is 1. The van der Waals surface area contributed by atoms with E-state index in [0.29, 0.717) is 0 Å². The van der Waals surface area contributed by atoms with Crippen LogP contribution in [0.4, 0.5) is 0 Å². The van der Waals surface area contributed by atoms with Crippen LogP contribution in [0, 0.1) is 13.8 Å². The molecule has 0 fully saturated rings. The molecule has 0 aliphatic rings. The molecule has 1 aromatic heterocycles. The van der Waals surface area contributed by atoms with Crippen LogP contribution >= 0.6 is 0 Å². The average Bonchev–Trinajstić information content (AvgIpc) is 2.90. The maximum atomic E-state index is 4.45. The summed E-state index contributed by atoms with van der Waals surface area (Å²) in [4.78, 5) is 0. The fraction of sp³-hybridized carbons (Fsp3) is 0.167. The normalized spacial score (nSPS) is 10.7. The van der Waals surface area contributed by atoms with Gasteiger partial charge in [-0.1, -0.05) is 48.5 Å². The van der Waals surface area contributed by atoms with Gasteiger partial charge in [0, 0.05) is 12.0 Å². The Balaban J connectivity index is 1.88. The summed E-state index contributed by atoms with van der Waals surface area (Å²) in [7, 11) is 0. The molecule has 0 saturated heterocycles. The lowest BCUT2D eigenvalue weighted by Gasteiger charge is -2.02. The van der Waals surface area contributed by atoms with Crippen LogP contribution in [-0.4, -0.2) is 10.2 Å². The quantitative estimate of drug-likeness (QED) is 0.749. The van der Waals surface area contributed by atoms with Crippen molar-refractivity contribution < 1.29 is 0 Å². The molecular formula is C18H18N2. The Morgan fingerprint density at radius 1 is 0.900 bits per heavy atom. The molecule has 0 radical (unpaired) electrons. The summed E-state index contributed by atoms with van der Waals surface area (Å²) < 4.78 is 0. The van der Waals surface area contributed by atoms with Crippen LogP contribution in [-0.2, 0) is 6.42 Å². The standard InChI is InChI=1S/C18H18N2/c1-13-7-3-5-9-15(13)11-16-12-18(20-19-16)17-10-6-4-8-14(17)2/h3-10,12H,11H2,1-2H3,(H,19,20). The van der Waals surface area contributed by atoms with Gasteiger partial charge in [-0.05, 0) is 36.6 Å². The Morgan fingerprint density at radius 3 is 2.35 bits per heavy atom. The molecule has 100 valence electrons. The molecular weight excluding hydrogens is 244 g/mol. The van der Waals surface area contributed by atoms with Gasteiger partial charge in [0.25, 0.3) is 0 Å². The summed E-state index contributed by atoms with van der Waals surface area (Å²) in [6.07, 6.45) is 0.870. The Hall–Kier alpha value is -2.35. The molecule has 3 rings (SSSR count). The van der Waals surface area contributed by atoms with E-state index in [-0.39, 0.29) is 0 Å². The van der Waals surface area contributed by atoms with Crippen molar-refractivity contribution >= 4 is 0 Å². The van der Waals surface area contributed by atoms with Gasteiger partial charge in [-0.3, -0.25) is 5.10 Å². The molecule has 1 N–H and O–H groups in total. The van der Waals surface area contributed by atoms with Gasteiger partial charge in [-0.2, -0.15) is 5.10 Å². The molecule has 0 atom stereocenters. The van der Waals surface area contributed by atoms with E-state index in [1.807, 2.05) is 0 Å². The summed E-state index contributed by atoms with van der Waals surface area (Å²) in [6, 6.07) is 19.0. The number of rotatable bonds is 3. The van der Waals surface area contributed by atoms with Gasteiger partial charge in [0.05, 0.1) is 11.4 Å². The highest BCUT2D eigenvalue weighted by Gasteiger charge is 2.07. The highest BCUT2D eigenvalue weighted by molar-refractivity contribution is 5.63. The Morgan fingerprint density at radius 2 is 1.60 bits per heavy atom. The molecule has 0 saturated carbocycles. The minimum Gasteiger partial charge on any atom is -0.278 e. The van der Waals surface area contributed by atoms with Crippen LogP contribution in [0.2, 0.25) is 0 Å². The number of aromatic nitrogens is 2. The lowest BCUT2D eigenvalue weighted by atomic mass is 10.0. The van der Waals surface area contributed by atoms with Crippen LogP contribution in [0.3, 0.4) is 0 Å². The third-order valence-electron chi connectivity index (χ3n) is 3.70. The first-order valence-corrected chi connectivity index (χ1v) is 6.89. The molecule has 0 amide bonds. The zero-order valence-electron chi connectivity index (χ0n) is 11.9. The first-order chi connectivity index (χ1) is 9.74. The molecule has 0 bridgehead atoms. The third-order valence-corrected chi connectivity index (χ3v) is 3.70. The fourth-order valence-electron chi connectivity index (χ4n) is 2.47. The summed E-state index contributed by atoms with van der Waals surface area (Å²) in [5.41, 5.74) is 7.29. The third kappa shape index (κ3) is 2.50. The van der Waals surface area contributed by atoms with Gasteiger partial charge in [-0.25, -0.2) is 0 Å². The van der Waals surface area contributed by atoms with E-state index in [1.165, 1.54) is 22.3 Å². The topological polar surface area (TPSA) is 28.7 Å². The highest BCUT2D eigenvalue weighted by atomic mass is 15.1. The van der Waals surface area contributed by atoms with E-state index in [9.17, 15) is 0 Å². The zero-order valence-corrected chi connectivity index (χ0v) is 11.9. The van der Waals surface area contributed by atoms with Gasteiger partial charge in [0.2, 0.25) is 0 Å². The van der Waals surface area contributed by atoms with Crippen molar-refractivity contribution in [2.24, 2.45) is 0 Å². The Kier molecular flexibility index (Phi) is 3.38. The van der Waals surface area contributed by atoms with E-state index in [2.05, 4.69) is 78.6 Å². The smallest absolute Gasteiger partial charge is 0.0672 e.